The summed E-state index contributed by atoms with van der Waals surface area (Å²) in [6, 6.07) is 10.7. The molecule has 0 spiro atoms. The summed E-state index contributed by atoms with van der Waals surface area (Å²) in [6.07, 6.45) is 4.30. The van der Waals surface area contributed by atoms with Gasteiger partial charge in [-0.05, 0) is 43.2 Å². The summed E-state index contributed by atoms with van der Waals surface area (Å²) in [5.74, 6) is 0.906. The molecule has 1 aromatic carbocycles. The van der Waals surface area contributed by atoms with E-state index in [-0.39, 0.29) is 0 Å². The first kappa shape index (κ1) is 13.7. The minimum Gasteiger partial charge on any atom is -0.497 e. The smallest absolute Gasteiger partial charge is 0.119 e. The van der Waals surface area contributed by atoms with E-state index in [2.05, 4.69) is 54.3 Å². The molecule has 0 saturated heterocycles. The Morgan fingerprint density at radius 2 is 2.16 bits per heavy atom. The molecule has 1 atom stereocenters. The summed E-state index contributed by atoms with van der Waals surface area (Å²) in [5.41, 5.74) is 2.56. The van der Waals surface area contributed by atoms with Crippen LogP contribution in [0.4, 0.5) is 0 Å². The van der Waals surface area contributed by atoms with E-state index in [9.17, 15) is 0 Å². The van der Waals surface area contributed by atoms with Crippen LogP contribution in [0.3, 0.4) is 0 Å². The molecule has 3 nitrogen and oxygen atoms in total. The number of nitrogens with one attached hydrogen (secondary N) is 1. The normalized spacial score (nSPS) is 12.4. The quantitative estimate of drug-likeness (QED) is 0.859. The molecule has 0 bridgehead atoms. The Bertz CT molecular complexity index is 519. The Labute approximate surface area is 115 Å². The molecule has 0 radical (unpaired) electrons. The molecule has 3 heteroatoms. The molecule has 0 aliphatic carbocycles. The molecule has 2 rings (SSSR count). The van der Waals surface area contributed by atoms with Gasteiger partial charge in [-0.3, -0.25) is 0 Å². The van der Waals surface area contributed by atoms with Crippen molar-refractivity contribution >= 4 is 0 Å². The lowest BCUT2D eigenvalue weighted by Gasteiger charge is -2.14. The van der Waals surface area contributed by atoms with E-state index in [1.54, 1.807) is 7.11 Å². The van der Waals surface area contributed by atoms with E-state index >= 15 is 0 Å². The fourth-order valence-corrected chi connectivity index (χ4v) is 2.09. The second-order valence-electron chi connectivity index (χ2n) is 4.73. The first-order valence-electron chi connectivity index (χ1n) is 6.75. The van der Waals surface area contributed by atoms with Gasteiger partial charge in [0.2, 0.25) is 0 Å². The second kappa shape index (κ2) is 6.43. The number of ether oxygens (including phenoxy) is 1. The highest BCUT2D eigenvalue weighted by Gasteiger charge is 2.06. The summed E-state index contributed by atoms with van der Waals surface area (Å²) in [5, 5.41) is 3.54. The number of aryl methyl sites for hydroxylation is 1. The van der Waals surface area contributed by atoms with E-state index in [4.69, 9.17) is 4.74 Å². The van der Waals surface area contributed by atoms with Crippen LogP contribution < -0.4 is 10.1 Å². The summed E-state index contributed by atoms with van der Waals surface area (Å²) < 4.78 is 7.44. The van der Waals surface area contributed by atoms with Gasteiger partial charge in [-0.25, -0.2) is 0 Å². The van der Waals surface area contributed by atoms with Gasteiger partial charge in [0, 0.05) is 31.5 Å². The van der Waals surface area contributed by atoms with Gasteiger partial charge in [0.1, 0.15) is 5.75 Å². The van der Waals surface area contributed by atoms with Crippen LogP contribution in [0.15, 0.2) is 42.7 Å². The molecule has 0 amide bonds. The van der Waals surface area contributed by atoms with Crippen LogP contribution in [0.25, 0.3) is 0 Å². The molecule has 0 unspecified atom stereocenters. The molecule has 0 fully saturated rings. The Hall–Kier alpha value is -1.74. The number of aromatic nitrogens is 1. The SMILES string of the molecule is CCn1ccc(CN[C@@H](C)c2cccc(OC)c2)c1. The Morgan fingerprint density at radius 1 is 1.32 bits per heavy atom. The number of methoxy groups -OCH3 is 1. The Morgan fingerprint density at radius 3 is 2.84 bits per heavy atom. The van der Waals surface area contributed by atoms with Crippen LogP contribution in [0, 0.1) is 0 Å². The monoisotopic (exact) mass is 258 g/mol. The summed E-state index contributed by atoms with van der Waals surface area (Å²) in [4.78, 5) is 0. The van der Waals surface area contributed by atoms with Crippen LogP contribution in [-0.4, -0.2) is 11.7 Å². The molecule has 1 N–H and O–H groups in total. The number of hydrogen-bond donors (Lipinski definition) is 1. The van der Waals surface area contributed by atoms with Gasteiger partial charge in [-0.15, -0.1) is 0 Å². The Kier molecular flexibility index (Phi) is 4.63. The first-order chi connectivity index (χ1) is 9.22. The zero-order valence-corrected chi connectivity index (χ0v) is 11.9. The highest BCUT2D eigenvalue weighted by atomic mass is 16.5. The summed E-state index contributed by atoms with van der Waals surface area (Å²) in [7, 11) is 1.70. The zero-order valence-electron chi connectivity index (χ0n) is 11.9. The third-order valence-electron chi connectivity index (χ3n) is 3.38. The maximum absolute atomic E-state index is 5.25. The van der Waals surface area contributed by atoms with E-state index in [0.29, 0.717) is 6.04 Å². The minimum atomic E-state index is 0.306. The van der Waals surface area contributed by atoms with Crippen molar-refractivity contribution in [3.63, 3.8) is 0 Å². The van der Waals surface area contributed by atoms with Crippen molar-refractivity contribution in [2.24, 2.45) is 0 Å². The molecule has 0 aliphatic rings. The predicted octanol–water partition coefficient (Wildman–Crippen LogP) is 3.37. The first-order valence-corrected chi connectivity index (χ1v) is 6.75. The van der Waals surface area contributed by atoms with Crippen LogP contribution in [0.5, 0.6) is 5.75 Å². The number of rotatable bonds is 6. The van der Waals surface area contributed by atoms with Crippen molar-refractivity contribution in [1.82, 2.24) is 9.88 Å². The van der Waals surface area contributed by atoms with Gasteiger partial charge in [0.15, 0.2) is 0 Å². The van der Waals surface area contributed by atoms with Crippen LogP contribution in [-0.2, 0) is 13.1 Å². The third-order valence-corrected chi connectivity index (χ3v) is 3.38. The average molecular weight is 258 g/mol. The standard InChI is InChI=1S/C16H22N2O/c1-4-18-9-8-14(12-18)11-17-13(2)15-6-5-7-16(10-15)19-3/h5-10,12-13,17H,4,11H2,1-3H3/t13-/m0/s1. The molecule has 19 heavy (non-hydrogen) atoms. The summed E-state index contributed by atoms with van der Waals surface area (Å²) >= 11 is 0. The van der Waals surface area contributed by atoms with Gasteiger partial charge in [0.05, 0.1) is 7.11 Å². The maximum atomic E-state index is 5.25. The van der Waals surface area contributed by atoms with Crippen molar-refractivity contribution in [3.8, 4) is 5.75 Å². The van der Waals surface area contributed by atoms with Gasteiger partial charge >= 0.3 is 0 Å². The molecule has 102 valence electrons. The average Bonchev–Trinajstić information content (AvgIpc) is 2.93. The van der Waals surface area contributed by atoms with Crippen molar-refractivity contribution in [1.29, 1.82) is 0 Å². The van der Waals surface area contributed by atoms with E-state index in [1.165, 1.54) is 11.1 Å². The number of benzene rings is 1. The lowest BCUT2D eigenvalue weighted by Crippen LogP contribution is -2.17. The highest BCUT2D eigenvalue weighted by molar-refractivity contribution is 5.30. The molecule has 1 aromatic heterocycles. The second-order valence-corrected chi connectivity index (χ2v) is 4.73. The minimum absolute atomic E-state index is 0.306. The molecular formula is C16H22N2O. The molecular weight excluding hydrogens is 236 g/mol. The van der Waals surface area contributed by atoms with Crippen LogP contribution >= 0.6 is 0 Å². The van der Waals surface area contributed by atoms with Gasteiger partial charge < -0.3 is 14.6 Å². The molecule has 0 aliphatic heterocycles. The van der Waals surface area contributed by atoms with Crippen molar-refractivity contribution in [2.45, 2.75) is 33.0 Å². The van der Waals surface area contributed by atoms with E-state index in [1.807, 2.05) is 12.1 Å². The highest BCUT2D eigenvalue weighted by Crippen LogP contribution is 2.19. The summed E-state index contributed by atoms with van der Waals surface area (Å²) in [6.45, 7) is 6.22. The number of nitrogens with zero attached hydrogens (tertiary/aromatic N) is 1. The van der Waals surface area contributed by atoms with Crippen molar-refractivity contribution in [3.05, 3.63) is 53.9 Å². The van der Waals surface area contributed by atoms with Crippen molar-refractivity contribution in [2.75, 3.05) is 7.11 Å². The fraction of sp³-hybridized carbons (Fsp3) is 0.375. The number of hydrogen-bond acceptors (Lipinski definition) is 2. The Balaban J connectivity index is 1.94. The van der Waals surface area contributed by atoms with Gasteiger partial charge in [-0.1, -0.05) is 12.1 Å². The van der Waals surface area contributed by atoms with E-state index < -0.39 is 0 Å². The topological polar surface area (TPSA) is 26.2 Å². The lowest BCUT2D eigenvalue weighted by molar-refractivity contribution is 0.413. The van der Waals surface area contributed by atoms with Crippen LogP contribution in [0.1, 0.15) is 31.0 Å². The largest absolute Gasteiger partial charge is 0.497 e. The lowest BCUT2D eigenvalue weighted by atomic mass is 10.1. The van der Waals surface area contributed by atoms with Crippen molar-refractivity contribution < 1.29 is 4.74 Å². The molecule has 2 aromatic rings. The zero-order chi connectivity index (χ0) is 13.7. The molecule has 1 heterocycles. The predicted molar refractivity (Wildman–Crippen MR) is 78.4 cm³/mol. The van der Waals surface area contributed by atoms with Gasteiger partial charge in [-0.2, -0.15) is 0 Å². The van der Waals surface area contributed by atoms with Crippen LogP contribution in [0.2, 0.25) is 0 Å². The molecule has 0 saturated carbocycles. The van der Waals surface area contributed by atoms with E-state index in [0.717, 1.165) is 18.8 Å². The maximum Gasteiger partial charge on any atom is 0.119 e. The third kappa shape index (κ3) is 3.61. The fourth-order valence-electron chi connectivity index (χ4n) is 2.09. The van der Waals surface area contributed by atoms with Gasteiger partial charge in [0.25, 0.3) is 0 Å².